The number of nitrogens with one attached hydrogen (secondary N) is 1. The highest BCUT2D eigenvalue weighted by molar-refractivity contribution is 6.01. The highest BCUT2D eigenvalue weighted by Gasteiger charge is 2.56. The Morgan fingerprint density at radius 1 is 0.972 bits per heavy atom. The van der Waals surface area contributed by atoms with Gasteiger partial charge in [-0.3, -0.25) is 9.59 Å². The zero-order valence-electron chi connectivity index (χ0n) is 20.5. The number of nitrogens with zero attached hydrogens (tertiary/aromatic N) is 2. The number of hydrogen-bond donors (Lipinski definition) is 1. The summed E-state index contributed by atoms with van der Waals surface area (Å²) >= 11 is 0. The van der Waals surface area contributed by atoms with E-state index in [2.05, 4.69) is 35.3 Å². The summed E-state index contributed by atoms with van der Waals surface area (Å²) in [7, 11) is 1.65. The number of methoxy groups -OCH3 is 1. The maximum Gasteiger partial charge on any atom is 0.254 e. The molecule has 1 N–H and O–H groups in total. The lowest BCUT2D eigenvalue weighted by molar-refractivity contribution is -0.166. The molecule has 0 bridgehead atoms. The van der Waals surface area contributed by atoms with Crippen molar-refractivity contribution in [1.29, 1.82) is 0 Å². The van der Waals surface area contributed by atoms with Gasteiger partial charge in [-0.05, 0) is 48.2 Å². The second kappa shape index (κ2) is 8.55. The third-order valence-corrected chi connectivity index (χ3v) is 7.85. The molecule has 1 saturated heterocycles. The molecule has 0 radical (unpaired) electrons. The van der Waals surface area contributed by atoms with Crippen LogP contribution in [0.25, 0.3) is 10.9 Å². The van der Waals surface area contributed by atoms with E-state index in [1.165, 1.54) is 0 Å². The van der Waals surface area contributed by atoms with Crippen LogP contribution in [-0.4, -0.2) is 53.3 Å². The van der Waals surface area contributed by atoms with E-state index in [9.17, 15) is 9.59 Å². The first-order valence-electron chi connectivity index (χ1n) is 12.4. The number of ether oxygens (including phenoxy) is 1. The Balaban J connectivity index is 1.44. The van der Waals surface area contributed by atoms with Crippen molar-refractivity contribution in [1.82, 2.24) is 14.8 Å². The molecule has 6 heteroatoms. The zero-order valence-corrected chi connectivity index (χ0v) is 20.5. The SMILES string of the molecule is COc1ccc(C2CN3C(=O)CN(CCc4ccccc4)C(=O)[C@]3(C)c3[nH]c4ccccc4c32)cc1. The maximum absolute atomic E-state index is 14.1. The summed E-state index contributed by atoms with van der Waals surface area (Å²) in [6.07, 6.45) is 0.712. The number of piperazine rings is 1. The summed E-state index contributed by atoms with van der Waals surface area (Å²) in [5, 5.41) is 1.09. The van der Waals surface area contributed by atoms with Gasteiger partial charge in [-0.2, -0.15) is 0 Å². The molecule has 2 aliphatic heterocycles. The lowest BCUT2D eigenvalue weighted by atomic mass is 9.76. The van der Waals surface area contributed by atoms with Crippen LogP contribution in [0.2, 0.25) is 0 Å². The number of rotatable bonds is 5. The molecule has 6 rings (SSSR count). The van der Waals surface area contributed by atoms with Crippen LogP contribution in [0.1, 0.15) is 35.2 Å². The van der Waals surface area contributed by atoms with Gasteiger partial charge in [-0.1, -0.05) is 60.7 Å². The van der Waals surface area contributed by atoms with E-state index in [0.29, 0.717) is 19.5 Å². The van der Waals surface area contributed by atoms with Crippen LogP contribution in [0.5, 0.6) is 5.75 Å². The molecule has 0 saturated carbocycles. The molecule has 1 aromatic heterocycles. The molecule has 36 heavy (non-hydrogen) atoms. The summed E-state index contributed by atoms with van der Waals surface area (Å²) in [6, 6.07) is 26.3. The van der Waals surface area contributed by atoms with E-state index >= 15 is 0 Å². The quantitative estimate of drug-likeness (QED) is 0.460. The molecular weight excluding hydrogens is 450 g/mol. The topological polar surface area (TPSA) is 65.6 Å². The fourth-order valence-electron chi connectivity index (χ4n) is 5.90. The molecule has 2 aliphatic rings. The number of amides is 2. The van der Waals surface area contributed by atoms with Crippen molar-refractivity contribution in [2.45, 2.75) is 24.8 Å². The minimum atomic E-state index is -1.08. The second-order valence-corrected chi connectivity index (χ2v) is 9.82. The van der Waals surface area contributed by atoms with Crippen LogP contribution >= 0.6 is 0 Å². The smallest absolute Gasteiger partial charge is 0.254 e. The normalized spacial score (nSPS) is 21.4. The Hall–Kier alpha value is -4.06. The Bertz CT molecular complexity index is 1440. The van der Waals surface area contributed by atoms with Crippen molar-refractivity contribution in [3.63, 3.8) is 0 Å². The zero-order chi connectivity index (χ0) is 24.9. The predicted molar refractivity (Wildman–Crippen MR) is 139 cm³/mol. The number of carbonyl (C=O) groups is 2. The van der Waals surface area contributed by atoms with Crippen molar-refractivity contribution >= 4 is 22.7 Å². The molecular formula is C30H29N3O3. The number of para-hydroxylation sites is 1. The van der Waals surface area contributed by atoms with Crippen molar-refractivity contribution in [3.05, 3.63) is 101 Å². The number of aromatic amines is 1. The van der Waals surface area contributed by atoms with Gasteiger partial charge in [0.2, 0.25) is 5.91 Å². The lowest BCUT2D eigenvalue weighted by Gasteiger charge is -2.51. The van der Waals surface area contributed by atoms with Gasteiger partial charge >= 0.3 is 0 Å². The first-order valence-corrected chi connectivity index (χ1v) is 12.4. The Morgan fingerprint density at radius 2 is 1.69 bits per heavy atom. The number of carbonyl (C=O) groups excluding carboxylic acids is 2. The summed E-state index contributed by atoms with van der Waals surface area (Å²) in [4.78, 5) is 34.8. The summed E-state index contributed by atoms with van der Waals surface area (Å²) in [5.74, 6) is 0.687. The largest absolute Gasteiger partial charge is 0.497 e. The summed E-state index contributed by atoms with van der Waals surface area (Å²) in [6.45, 7) is 2.97. The minimum absolute atomic E-state index is 0.0204. The van der Waals surface area contributed by atoms with Crippen molar-refractivity contribution < 1.29 is 14.3 Å². The van der Waals surface area contributed by atoms with Crippen LogP contribution in [-0.2, 0) is 21.5 Å². The minimum Gasteiger partial charge on any atom is -0.497 e. The van der Waals surface area contributed by atoms with E-state index in [1.807, 2.05) is 55.5 Å². The number of fused-ring (bicyclic) bond motifs is 5. The monoisotopic (exact) mass is 479 g/mol. The molecule has 1 unspecified atom stereocenters. The van der Waals surface area contributed by atoms with Gasteiger partial charge in [0.25, 0.3) is 5.91 Å². The van der Waals surface area contributed by atoms with Gasteiger partial charge < -0.3 is 19.5 Å². The first kappa shape index (κ1) is 22.4. The van der Waals surface area contributed by atoms with Crippen LogP contribution in [0.4, 0.5) is 0 Å². The number of H-pyrrole nitrogens is 1. The van der Waals surface area contributed by atoms with E-state index in [0.717, 1.165) is 39.0 Å². The molecule has 3 aromatic carbocycles. The van der Waals surface area contributed by atoms with Gasteiger partial charge in [0.1, 0.15) is 5.75 Å². The summed E-state index contributed by atoms with van der Waals surface area (Å²) in [5.41, 5.74) is 4.06. The molecule has 1 fully saturated rings. The van der Waals surface area contributed by atoms with E-state index in [1.54, 1.807) is 16.9 Å². The van der Waals surface area contributed by atoms with Gasteiger partial charge in [0.15, 0.2) is 5.54 Å². The fourth-order valence-corrected chi connectivity index (χ4v) is 5.90. The van der Waals surface area contributed by atoms with Crippen molar-refractivity contribution in [2.75, 3.05) is 26.7 Å². The predicted octanol–water partition coefficient (Wildman–Crippen LogP) is 4.45. The standard InChI is InChI=1S/C30H29N3O3/c1-30-28-27(23-10-6-7-11-25(23)31-28)24(21-12-14-22(36-2)15-13-21)18-33(30)26(34)19-32(29(30)35)17-16-20-8-4-3-5-9-20/h3-15,24,31H,16-19H2,1-2H3/t24?,30-/m0/s1. The van der Waals surface area contributed by atoms with Crippen LogP contribution < -0.4 is 4.74 Å². The van der Waals surface area contributed by atoms with E-state index in [4.69, 9.17) is 4.74 Å². The van der Waals surface area contributed by atoms with Gasteiger partial charge in [-0.15, -0.1) is 0 Å². The van der Waals surface area contributed by atoms with Crippen LogP contribution in [0.15, 0.2) is 78.9 Å². The average molecular weight is 480 g/mol. The molecule has 2 amide bonds. The van der Waals surface area contributed by atoms with Gasteiger partial charge in [0, 0.05) is 29.9 Å². The number of benzene rings is 3. The third kappa shape index (κ3) is 3.40. The van der Waals surface area contributed by atoms with E-state index in [-0.39, 0.29) is 24.3 Å². The Morgan fingerprint density at radius 3 is 2.44 bits per heavy atom. The Labute approximate surface area is 210 Å². The van der Waals surface area contributed by atoms with Gasteiger partial charge in [-0.25, -0.2) is 0 Å². The molecule has 182 valence electrons. The third-order valence-electron chi connectivity index (χ3n) is 7.85. The Kier molecular flexibility index (Phi) is 5.32. The highest BCUT2D eigenvalue weighted by atomic mass is 16.5. The van der Waals surface area contributed by atoms with Crippen LogP contribution in [0, 0.1) is 0 Å². The molecule has 6 nitrogen and oxygen atoms in total. The fraction of sp³-hybridized carbons (Fsp3) is 0.267. The molecule has 2 atom stereocenters. The second-order valence-electron chi connectivity index (χ2n) is 9.82. The van der Waals surface area contributed by atoms with Crippen molar-refractivity contribution in [3.8, 4) is 5.75 Å². The van der Waals surface area contributed by atoms with E-state index < -0.39 is 5.54 Å². The van der Waals surface area contributed by atoms with Gasteiger partial charge in [0.05, 0.1) is 19.3 Å². The highest BCUT2D eigenvalue weighted by Crippen LogP contribution is 2.48. The maximum atomic E-state index is 14.1. The number of hydrogen-bond acceptors (Lipinski definition) is 3. The molecule has 0 spiro atoms. The average Bonchev–Trinajstić information content (AvgIpc) is 3.32. The molecule has 3 heterocycles. The molecule has 0 aliphatic carbocycles. The summed E-state index contributed by atoms with van der Waals surface area (Å²) < 4.78 is 5.36. The van der Waals surface area contributed by atoms with Crippen LogP contribution in [0.3, 0.4) is 0 Å². The van der Waals surface area contributed by atoms with Crippen molar-refractivity contribution in [2.24, 2.45) is 0 Å². The number of aromatic nitrogens is 1. The first-order chi connectivity index (χ1) is 17.5. The lowest BCUT2D eigenvalue weighted by Crippen LogP contribution is -2.67. The molecule has 4 aromatic rings.